The fourth-order valence-electron chi connectivity index (χ4n) is 1.48. The van der Waals surface area contributed by atoms with Gasteiger partial charge in [-0.1, -0.05) is 6.92 Å². The zero-order valence-electron chi connectivity index (χ0n) is 9.26. The van der Waals surface area contributed by atoms with E-state index >= 15 is 0 Å². The van der Waals surface area contributed by atoms with Crippen molar-refractivity contribution in [1.82, 2.24) is 0 Å². The number of halogens is 1. The number of hydrogen-bond acceptors (Lipinski definition) is 2. The number of rotatable bonds is 4. The maximum absolute atomic E-state index is 13.6. The van der Waals surface area contributed by atoms with Gasteiger partial charge in [-0.3, -0.25) is 4.79 Å². The van der Waals surface area contributed by atoms with Crippen molar-refractivity contribution < 1.29 is 13.9 Å². The molecule has 2 nitrogen and oxygen atoms in total. The Bertz CT molecular complexity index is 372. The number of benzene rings is 1. The first kappa shape index (κ1) is 11.7. The topological polar surface area (TPSA) is 26.3 Å². The lowest BCUT2D eigenvalue weighted by molar-refractivity contribution is 0.0980. The third-order valence-corrected chi connectivity index (χ3v) is 2.35. The van der Waals surface area contributed by atoms with E-state index in [1.54, 1.807) is 13.0 Å². The molecule has 0 bridgehead atoms. The molecule has 0 spiro atoms. The number of hydrogen-bond donors (Lipinski definition) is 0. The summed E-state index contributed by atoms with van der Waals surface area (Å²) in [5.74, 6) is -0.281. The Morgan fingerprint density at radius 2 is 2.13 bits per heavy atom. The van der Waals surface area contributed by atoms with Gasteiger partial charge in [-0.2, -0.15) is 0 Å². The Hall–Kier alpha value is -1.38. The molecule has 0 amide bonds. The lowest BCUT2D eigenvalue weighted by Crippen LogP contribution is -2.04. The van der Waals surface area contributed by atoms with E-state index in [2.05, 4.69) is 0 Å². The van der Waals surface area contributed by atoms with E-state index in [4.69, 9.17) is 4.74 Å². The highest BCUT2D eigenvalue weighted by Crippen LogP contribution is 2.23. The van der Waals surface area contributed by atoms with Crippen LogP contribution in [-0.2, 0) is 0 Å². The van der Waals surface area contributed by atoms with Crippen LogP contribution in [-0.4, -0.2) is 12.9 Å². The second-order valence-corrected chi connectivity index (χ2v) is 3.43. The highest BCUT2D eigenvalue weighted by molar-refractivity contribution is 5.97. The molecule has 0 radical (unpaired) electrons. The first-order chi connectivity index (χ1) is 7.11. The van der Waals surface area contributed by atoms with E-state index in [1.165, 1.54) is 13.2 Å². The Morgan fingerprint density at radius 3 is 2.67 bits per heavy atom. The second-order valence-electron chi connectivity index (χ2n) is 3.43. The summed E-state index contributed by atoms with van der Waals surface area (Å²) in [5, 5.41) is 0. The summed E-state index contributed by atoms with van der Waals surface area (Å²) in [6, 6.07) is 3.11. The van der Waals surface area contributed by atoms with Gasteiger partial charge in [0.2, 0.25) is 0 Å². The van der Waals surface area contributed by atoms with Crippen molar-refractivity contribution in [2.24, 2.45) is 0 Å². The predicted octanol–water partition coefficient (Wildman–Crippen LogP) is 3.13. The maximum Gasteiger partial charge on any atom is 0.168 e. The third-order valence-electron chi connectivity index (χ3n) is 2.35. The molecule has 0 heterocycles. The lowest BCUT2D eigenvalue weighted by atomic mass is 10.0. The molecule has 0 atom stereocenters. The molecule has 0 unspecified atom stereocenters. The van der Waals surface area contributed by atoms with E-state index in [9.17, 15) is 9.18 Å². The molecule has 0 aliphatic rings. The SMILES string of the molecule is CCCC(=O)c1ccc(OC)c(F)c1C. The molecular weight excluding hydrogens is 195 g/mol. The Labute approximate surface area is 89.1 Å². The van der Waals surface area contributed by atoms with E-state index < -0.39 is 5.82 Å². The Morgan fingerprint density at radius 1 is 1.47 bits per heavy atom. The second kappa shape index (κ2) is 4.91. The van der Waals surface area contributed by atoms with Crippen LogP contribution in [0.2, 0.25) is 0 Å². The Balaban J connectivity index is 3.11. The largest absolute Gasteiger partial charge is 0.494 e. The standard InChI is InChI=1S/C12H15FO2/c1-4-5-10(14)9-6-7-11(15-3)12(13)8(9)2/h6-7H,4-5H2,1-3H3. The van der Waals surface area contributed by atoms with E-state index in [0.717, 1.165) is 6.42 Å². The van der Waals surface area contributed by atoms with Gasteiger partial charge < -0.3 is 4.74 Å². The van der Waals surface area contributed by atoms with Gasteiger partial charge >= 0.3 is 0 Å². The monoisotopic (exact) mass is 210 g/mol. The summed E-state index contributed by atoms with van der Waals surface area (Å²) >= 11 is 0. The van der Waals surface area contributed by atoms with Gasteiger partial charge in [-0.25, -0.2) is 4.39 Å². The summed E-state index contributed by atoms with van der Waals surface area (Å²) in [5.41, 5.74) is 0.822. The molecular formula is C12H15FO2. The minimum absolute atomic E-state index is 0.0171. The van der Waals surface area contributed by atoms with Crippen LogP contribution in [0.15, 0.2) is 12.1 Å². The quantitative estimate of drug-likeness (QED) is 0.714. The van der Waals surface area contributed by atoms with Gasteiger partial charge in [0.05, 0.1) is 7.11 Å². The van der Waals surface area contributed by atoms with Crippen molar-refractivity contribution in [2.45, 2.75) is 26.7 Å². The molecule has 0 aliphatic heterocycles. The molecule has 0 N–H and O–H groups in total. The smallest absolute Gasteiger partial charge is 0.168 e. The summed E-state index contributed by atoms with van der Waals surface area (Å²) in [6.45, 7) is 3.52. The first-order valence-electron chi connectivity index (χ1n) is 4.98. The molecule has 0 fully saturated rings. The van der Waals surface area contributed by atoms with Crippen LogP contribution in [0.1, 0.15) is 35.7 Å². The van der Waals surface area contributed by atoms with Crippen LogP contribution < -0.4 is 4.74 Å². The van der Waals surface area contributed by atoms with Gasteiger partial charge in [0, 0.05) is 12.0 Å². The number of ether oxygens (including phenoxy) is 1. The van der Waals surface area contributed by atoms with Gasteiger partial charge in [-0.05, 0) is 31.0 Å². The number of Topliss-reactive ketones (excluding diaryl/α,β-unsaturated/α-hetero) is 1. The fourth-order valence-corrected chi connectivity index (χ4v) is 1.48. The van der Waals surface area contributed by atoms with Crippen molar-refractivity contribution in [3.05, 3.63) is 29.1 Å². The molecule has 3 heteroatoms. The van der Waals surface area contributed by atoms with Crippen LogP contribution in [0.4, 0.5) is 4.39 Å². The normalized spacial score (nSPS) is 10.1. The molecule has 1 aromatic carbocycles. The van der Waals surface area contributed by atoms with Gasteiger partial charge in [0.1, 0.15) is 0 Å². The first-order valence-corrected chi connectivity index (χ1v) is 4.98. The average molecular weight is 210 g/mol. The molecule has 15 heavy (non-hydrogen) atoms. The zero-order chi connectivity index (χ0) is 11.4. The zero-order valence-corrected chi connectivity index (χ0v) is 9.26. The third kappa shape index (κ3) is 2.35. The van der Waals surface area contributed by atoms with Crippen LogP contribution in [0.25, 0.3) is 0 Å². The van der Waals surface area contributed by atoms with Crippen LogP contribution in [0.3, 0.4) is 0 Å². The molecule has 1 aromatic rings. The molecule has 0 saturated carbocycles. The average Bonchev–Trinajstić information content (AvgIpc) is 2.22. The summed E-state index contributed by atoms with van der Waals surface area (Å²) < 4.78 is 18.4. The summed E-state index contributed by atoms with van der Waals surface area (Å²) in [7, 11) is 1.41. The number of carbonyl (C=O) groups excluding carboxylic acids is 1. The highest BCUT2D eigenvalue weighted by atomic mass is 19.1. The van der Waals surface area contributed by atoms with Crippen molar-refractivity contribution in [1.29, 1.82) is 0 Å². The Kier molecular flexibility index (Phi) is 3.83. The highest BCUT2D eigenvalue weighted by Gasteiger charge is 2.14. The van der Waals surface area contributed by atoms with Crippen molar-refractivity contribution in [3.63, 3.8) is 0 Å². The summed E-state index contributed by atoms with van der Waals surface area (Å²) in [6.07, 6.45) is 1.22. The number of carbonyl (C=O) groups is 1. The number of methoxy groups -OCH3 is 1. The molecule has 0 saturated heterocycles. The lowest BCUT2D eigenvalue weighted by Gasteiger charge is -2.08. The van der Waals surface area contributed by atoms with Gasteiger partial charge in [-0.15, -0.1) is 0 Å². The molecule has 1 rings (SSSR count). The van der Waals surface area contributed by atoms with Crippen LogP contribution in [0, 0.1) is 12.7 Å². The van der Waals surface area contributed by atoms with Crippen LogP contribution >= 0.6 is 0 Å². The van der Waals surface area contributed by atoms with Crippen molar-refractivity contribution in [3.8, 4) is 5.75 Å². The molecule has 0 aromatic heterocycles. The van der Waals surface area contributed by atoms with E-state index in [1.807, 2.05) is 6.92 Å². The van der Waals surface area contributed by atoms with Gasteiger partial charge in [0.25, 0.3) is 0 Å². The van der Waals surface area contributed by atoms with Gasteiger partial charge in [0.15, 0.2) is 17.3 Å². The van der Waals surface area contributed by atoms with Crippen molar-refractivity contribution >= 4 is 5.78 Å². The summed E-state index contributed by atoms with van der Waals surface area (Å²) in [4.78, 5) is 11.6. The minimum Gasteiger partial charge on any atom is -0.494 e. The van der Waals surface area contributed by atoms with E-state index in [-0.39, 0.29) is 11.5 Å². The molecule has 82 valence electrons. The van der Waals surface area contributed by atoms with E-state index in [0.29, 0.717) is 17.5 Å². The predicted molar refractivity (Wildman–Crippen MR) is 56.9 cm³/mol. The van der Waals surface area contributed by atoms with Crippen LogP contribution in [0.5, 0.6) is 5.75 Å². The minimum atomic E-state index is -0.445. The number of ketones is 1. The maximum atomic E-state index is 13.6. The van der Waals surface area contributed by atoms with Crippen molar-refractivity contribution in [2.75, 3.05) is 7.11 Å². The fraction of sp³-hybridized carbons (Fsp3) is 0.417. The molecule has 0 aliphatic carbocycles.